The molecule has 1 aromatic rings. The third-order valence-corrected chi connectivity index (χ3v) is 4.44. The number of methoxy groups -OCH3 is 1. The first kappa shape index (κ1) is 15.4. The van der Waals surface area contributed by atoms with Crippen molar-refractivity contribution in [2.45, 2.75) is 69.9 Å². The summed E-state index contributed by atoms with van der Waals surface area (Å²) in [5.74, 6) is 1.42. The monoisotopic (exact) mass is 281 g/mol. The van der Waals surface area contributed by atoms with Gasteiger partial charge in [0.25, 0.3) is 0 Å². The molecule has 0 spiro atoms. The van der Waals surface area contributed by atoms with Gasteiger partial charge in [0, 0.05) is 19.1 Å². The molecule has 5 heteroatoms. The van der Waals surface area contributed by atoms with Gasteiger partial charge >= 0.3 is 0 Å². The van der Waals surface area contributed by atoms with Crippen molar-refractivity contribution in [1.29, 1.82) is 0 Å². The molecule has 0 saturated heterocycles. The summed E-state index contributed by atoms with van der Waals surface area (Å²) in [6.45, 7) is 2.13. The fourth-order valence-electron chi connectivity index (χ4n) is 3.12. The molecule has 5 nitrogen and oxygen atoms in total. The number of nitrogens with one attached hydrogen (secondary N) is 1. The second-order valence-electron chi connectivity index (χ2n) is 5.83. The molecular formula is C15H27N3O2. The number of nitrogens with zero attached hydrogens (tertiary/aromatic N) is 2. The zero-order valence-electron chi connectivity index (χ0n) is 12.9. The number of ether oxygens (including phenoxy) is 1. The molecule has 1 aliphatic rings. The van der Waals surface area contributed by atoms with Crippen LogP contribution in [-0.4, -0.2) is 29.8 Å². The molecule has 114 valence electrons. The van der Waals surface area contributed by atoms with Crippen molar-refractivity contribution in [1.82, 2.24) is 15.5 Å². The van der Waals surface area contributed by atoms with Gasteiger partial charge in [-0.15, -0.1) is 0 Å². The summed E-state index contributed by atoms with van der Waals surface area (Å²) in [7, 11) is 3.74. The van der Waals surface area contributed by atoms with Crippen molar-refractivity contribution in [2.24, 2.45) is 0 Å². The molecule has 20 heavy (non-hydrogen) atoms. The lowest BCUT2D eigenvalue weighted by Crippen LogP contribution is -2.46. The van der Waals surface area contributed by atoms with Gasteiger partial charge in [0.05, 0.1) is 0 Å². The minimum absolute atomic E-state index is 0.0469. The van der Waals surface area contributed by atoms with Gasteiger partial charge in [-0.2, -0.15) is 4.98 Å². The van der Waals surface area contributed by atoms with Gasteiger partial charge in [0.1, 0.15) is 6.10 Å². The van der Waals surface area contributed by atoms with Crippen molar-refractivity contribution >= 4 is 0 Å². The normalized spacial score (nSPS) is 19.9. The van der Waals surface area contributed by atoms with Crippen LogP contribution in [0.5, 0.6) is 0 Å². The van der Waals surface area contributed by atoms with Crippen molar-refractivity contribution in [3.8, 4) is 0 Å². The van der Waals surface area contributed by atoms with Crippen molar-refractivity contribution < 1.29 is 9.26 Å². The number of rotatable bonds is 7. The van der Waals surface area contributed by atoms with Crippen molar-refractivity contribution in [3.63, 3.8) is 0 Å². The second kappa shape index (κ2) is 7.18. The van der Waals surface area contributed by atoms with Gasteiger partial charge in [-0.25, -0.2) is 0 Å². The van der Waals surface area contributed by atoms with E-state index < -0.39 is 0 Å². The lowest BCUT2D eigenvalue weighted by Gasteiger charge is -2.36. The number of hydrogen-bond acceptors (Lipinski definition) is 5. The van der Waals surface area contributed by atoms with Gasteiger partial charge in [-0.05, 0) is 26.3 Å². The van der Waals surface area contributed by atoms with Crippen LogP contribution in [0.2, 0.25) is 0 Å². The van der Waals surface area contributed by atoms with E-state index in [1.165, 1.54) is 32.1 Å². The standard InChI is InChI=1S/C15H27N3O2/c1-4-8-12(19-3)14-17-13(20-18-14)11-15(16-2)9-6-5-7-10-15/h12,16H,4-11H2,1-3H3. The molecule has 1 aromatic heterocycles. The summed E-state index contributed by atoms with van der Waals surface area (Å²) in [6, 6.07) is 0. The molecule has 0 amide bonds. The number of likely N-dealkylation sites (N-methyl/N-ethyl adjacent to an activating group) is 1. The molecule has 2 rings (SSSR count). The van der Waals surface area contributed by atoms with Gasteiger partial charge in [-0.3, -0.25) is 0 Å². The van der Waals surface area contributed by atoms with Gasteiger partial charge in [0.2, 0.25) is 11.7 Å². The molecular weight excluding hydrogens is 254 g/mol. The Bertz CT molecular complexity index is 400. The lowest BCUT2D eigenvalue weighted by atomic mass is 9.79. The Morgan fingerprint density at radius 1 is 1.35 bits per heavy atom. The van der Waals surface area contributed by atoms with Gasteiger partial charge in [0.15, 0.2) is 0 Å². The van der Waals surface area contributed by atoms with E-state index in [4.69, 9.17) is 9.26 Å². The largest absolute Gasteiger partial charge is 0.373 e. The highest BCUT2D eigenvalue weighted by Crippen LogP contribution is 2.31. The Morgan fingerprint density at radius 3 is 2.70 bits per heavy atom. The van der Waals surface area contributed by atoms with Crippen molar-refractivity contribution in [2.75, 3.05) is 14.2 Å². The van der Waals surface area contributed by atoms with E-state index in [-0.39, 0.29) is 11.6 Å². The van der Waals surface area contributed by atoms with Gasteiger partial charge < -0.3 is 14.6 Å². The van der Waals surface area contributed by atoms with E-state index in [0.717, 1.165) is 25.2 Å². The minimum Gasteiger partial charge on any atom is -0.373 e. The zero-order valence-corrected chi connectivity index (χ0v) is 12.9. The fraction of sp³-hybridized carbons (Fsp3) is 0.867. The topological polar surface area (TPSA) is 60.2 Å². The molecule has 0 aliphatic heterocycles. The van der Waals surface area contributed by atoms with Crippen LogP contribution in [0.15, 0.2) is 4.52 Å². The van der Waals surface area contributed by atoms with E-state index in [2.05, 4.69) is 22.4 Å². The molecule has 1 unspecified atom stereocenters. The van der Waals surface area contributed by atoms with Crippen LogP contribution in [0.25, 0.3) is 0 Å². The SMILES string of the molecule is CCCC(OC)c1noc(CC2(NC)CCCCC2)n1. The Kier molecular flexibility index (Phi) is 5.54. The summed E-state index contributed by atoms with van der Waals surface area (Å²) in [6.07, 6.45) is 8.99. The minimum atomic E-state index is -0.0469. The maximum atomic E-state index is 5.44. The number of hydrogen-bond donors (Lipinski definition) is 1. The second-order valence-corrected chi connectivity index (χ2v) is 5.83. The predicted molar refractivity (Wildman–Crippen MR) is 77.5 cm³/mol. The Labute approximate surface area is 121 Å². The smallest absolute Gasteiger partial charge is 0.228 e. The van der Waals surface area contributed by atoms with Crippen LogP contribution in [-0.2, 0) is 11.2 Å². The van der Waals surface area contributed by atoms with Crippen LogP contribution in [0.4, 0.5) is 0 Å². The predicted octanol–water partition coefficient (Wildman–Crippen LogP) is 3.02. The van der Waals surface area contributed by atoms with E-state index in [1.807, 2.05) is 7.05 Å². The Balaban J connectivity index is 2.04. The molecule has 0 aromatic carbocycles. The molecule has 1 heterocycles. The van der Waals surface area contributed by atoms with Crippen LogP contribution < -0.4 is 5.32 Å². The van der Waals surface area contributed by atoms with E-state index in [9.17, 15) is 0 Å². The van der Waals surface area contributed by atoms with E-state index >= 15 is 0 Å². The maximum absolute atomic E-state index is 5.44. The molecule has 1 aliphatic carbocycles. The lowest BCUT2D eigenvalue weighted by molar-refractivity contribution is 0.0854. The van der Waals surface area contributed by atoms with Crippen LogP contribution in [0.1, 0.15) is 69.7 Å². The molecule has 1 fully saturated rings. The summed E-state index contributed by atoms with van der Waals surface area (Å²) < 4.78 is 10.9. The zero-order chi connectivity index (χ0) is 14.4. The van der Waals surface area contributed by atoms with Crippen LogP contribution in [0.3, 0.4) is 0 Å². The summed E-state index contributed by atoms with van der Waals surface area (Å²) in [4.78, 5) is 4.54. The first-order valence-corrected chi connectivity index (χ1v) is 7.77. The van der Waals surface area contributed by atoms with Gasteiger partial charge in [-0.1, -0.05) is 37.8 Å². The number of aromatic nitrogens is 2. The first-order chi connectivity index (χ1) is 9.73. The summed E-state index contributed by atoms with van der Waals surface area (Å²) in [5, 5.41) is 7.58. The summed E-state index contributed by atoms with van der Waals surface area (Å²) >= 11 is 0. The third-order valence-electron chi connectivity index (χ3n) is 4.44. The molecule has 0 bridgehead atoms. The van der Waals surface area contributed by atoms with E-state index in [0.29, 0.717) is 5.82 Å². The first-order valence-electron chi connectivity index (χ1n) is 7.77. The average molecular weight is 281 g/mol. The van der Waals surface area contributed by atoms with Crippen molar-refractivity contribution in [3.05, 3.63) is 11.7 Å². The summed E-state index contributed by atoms with van der Waals surface area (Å²) in [5.41, 5.74) is 0.134. The van der Waals surface area contributed by atoms with E-state index in [1.54, 1.807) is 7.11 Å². The molecule has 1 saturated carbocycles. The van der Waals surface area contributed by atoms with Crippen LogP contribution in [0, 0.1) is 0 Å². The Hall–Kier alpha value is -0.940. The highest BCUT2D eigenvalue weighted by molar-refractivity contribution is 5.00. The highest BCUT2D eigenvalue weighted by Gasteiger charge is 2.32. The fourth-order valence-corrected chi connectivity index (χ4v) is 3.12. The quantitative estimate of drug-likeness (QED) is 0.832. The van der Waals surface area contributed by atoms with Crippen LogP contribution >= 0.6 is 0 Å². The molecule has 1 N–H and O–H groups in total. The maximum Gasteiger partial charge on any atom is 0.228 e. The molecule has 0 radical (unpaired) electrons. The Morgan fingerprint density at radius 2 is 2.10 bits per heavy atom. The molecule has 1 atom stereocenters. The average Bonchev–Trinajstić information content (AvgIpc) is 2.93. The highest BCUT2D eigenvalue weighted by atomic mass is 16.5. The third kappa shape index (κ3) is 3.58.